The second-order valence-corrected chi connectivity index (χ2v) is 1.99. The molecule has 0 saturated carbocycles. The van der Waals surface area contributed by atoms with Gasteiger partial charge in [0.15, 0.2) is 0 Å². The van der Waals surface area contributed by atoms with Crippen LogP contribution in [0.4, 0.5) is 0 Å². The Balaban J connectivity index is 2.54. The predicted octanol–water partition coefficient (Wildman–Crippen LogP) is -0.374. The summed E-state index contributed by atoms with van der Waals surface area (Å²) in [6.07, 6.45) is 4.03. The number of carbonyl (C=O) groups excluding carboxylic acids is 1. The van der Waals surface area contributed by atoms with Crippen molar-refractivity contribution in [3.8, 4) is 0 Å². The summed E-state index contributed by atoms with van der Waals surface area (Å²) < 4.78 is 4.61. The number of carbonyl (C=O) groups is 1. The molecule has 0 bridgehead atoms. The highest BCUT2D eigenvalue weighted by Crippen LogP contribution is 1.95. The van der Waals surface area contributed by atoms with Crippen LogP contribution in [0.5, 0.6) is 0 Å². The van der Waals surface area contributed by atoms with E-state index in [4.69, 9.17) is 5.11 Å². The monoisotopic (exact) mass is 168 g/mol. The third-order valence-corrected chi connectivity index (χ3v) is 1.12. The Morgan fingerprint density at radius 1 is 1.50 bits per heavy atom. The highest BCUT2D eigenvalue weighted by Gasteiger charge is 2.05. The van der Waals surface area contributed by atoms with Gasteiger partial charge in [-0.25, -0.2) is 14.8 Å². The molecule has 0 aliphatic rings. The maximum atomic E-state index is 11.0. The van der Waals surface area contributed by atoms with Crippen molar-refractivity contribution in [1.82, 2.24) is 9.97 Å². The molecule has 0 fully saturated rings. The molecule has 1 aromatic rings. The van der Waals surface area contributed by atoms with Crippen LogP contribution in [-0.4, -0.2) is 34.3 Å². The molecule has 5 nitrogen and oxygen atoms in total. The van der Waals surface area contributed by atoms with Crippen LogP contribution >= 0.6 is 0 Å². The van der Waals surface area contributed by atoms with E-state index in [1.54, 1.807) is 0 Å². The van der Waals surface area contributed by atoms with Crippen LogP contribution in [0.1, 0.15) is 10.4 Å². The van der Waals surface area contributed by atoms with E-state index in [-0.39, 0.29) is 18.8 Å². The fraction of sp³-hybridized carbons (Fsp3) is 0.286. The number of nitrogens with zero attached hydrogens (tertiary/aromatic N) is 2. The minimum Gasteiger partial charge on any atom is -0.460 e. The second kappa shape index (κ2) is 4.40. The van der Waals surface area contributed by atoms with E-state index in [1.165, 1.54) is 18.7 Å². The quantitative estimate of drug-likeness (QED) is 0.623. The first-order chi connectivity index (χ1) is 5.84. The standard InChI is InChI=1S/C7H8N2O3/c10-1-2-12-7(11)6-3-8-5-9-4-6/h3-5,10H,1-2H2. The topological polar surface area (TPSA) is 72.3 Å². The van der Waals surface area contributed by atoms with Gasteiger partial charge in [0.25, 0.3) is 0 Å². The number of hydrogen-bond acceptors (Lipinski definition) is 5. The van der Waals surface area contributed by atoms with Crippen molar-refractivity contribution in [3.05, 3.63) is 24.3 Å². The van der Waals surface area contributed by atoms with Gasteiger partial charge < -0.3 is 9.84 Å². The summed E-state index contributed by atoms with van der Waals surface area (Å²) in [5.74, 6) is -0.523. The summed E-state index contributed by atoms with van der Waals surface area (Å²) in [5, 5.41) is 8.35. The first kappa shape index (κ1) is 8.61. The Labute approximate surface area is 69.0 Å². The minimum atomic E-state index is -0.523. The molecular weight excluding hydrogens is 160 g/mol. The second-order valence-electron chi connectivity index (χ2n) is 1.99. The number of hydrogen-bond donors (Lipinski definition) is 1. The van der Waals surface area contributed by atoms with E-state index in [2.05, 4.69) is 14.7 Å². The van der Waals surface area contributed by atoms with Gasteiger partial charge in [-0.2, -0.15) is 0 Å². The number of esters is 1. The number of rotatable bonds is 3. The molecule has 1 heterocycles. The molecule has 12 heavy (non-hydrogen) atoms. The molecule has 0 atom stereocenters. The summed E-state index contributed by atoms with van der Waals surface area (Å²) >= 11 is 0. The van der Waals surface area contributed by atoms with Gasteiger partial charge in [-0.1, -0.05) is 0 Å². The van der Waals surface area contributed by atoms with Gasteiger partial charge in [0.1, 0.15) is 12.9 Å². The largest absolute Gasteiger partial charge is 0.460 e. The van der Waals surface area contributed by atoms with Gasteiger partial charge >= 0.3 is 5.97 Å². The average molecular weight is 168 g/mol. The van der Waals surface area contributed by atoms with E-state index in [9.17, 15) is 4.79 Å². The third kappa shape index (κ3) is 2.28. The van der Waals surface area contributed by atoms with E-state index >= 15 is 0 Å². The van der Waals surface area contributed by atoms with Crippen molar-refractivity contribution in [2.24, 2.45) is 0 Å². The molecule has 1 N–H and O–H groups in total. The fourth-order valence-electron chi connectivity index (χ4n) is 0.626. The Bertz CT molecular complexity index is 250. The lowest BCUT2D eigenvalue weighted by atomic mass is 10.3. The fourth-order valence-corrected chi connectivity index (χ4v) is 0.626. The third-order valence-electron chi connectivity index (χ3n) is 1.12. The van der Waals surface area contributed by atoms with Crippen LogP contribution in [0.15, 0.2) is 18.7 Å². The molecular formula is C7H8N2O3. The van der Waals surface area contributed by atoms with Crippen LogP contribution in [0.3, 0.4) is 0 Å². The Morgan fingerprint density at radius 2 is 2.17 bits per heavy atom. The van der Waals surface area contributed by atoms with E-state index < -0.39 is 5.97 Å². The lowest BCUT2D eigenvalue weighted by Gasteiger charge is -2.00. The number of ether oxygens (including phenoxy) is 1. The van der Waals surface area contributed by atoms with Gasteiger partial charge in [-0.05, 0) is 0 Å². The average Bonchev–Trinajstić information content (AvgIpc) is 2.15. The van der Waals surface area contributed by atoms with Crippen molar-refractivity contribution in [2.45, 2.75) is 0 Å². The maximum absolute atomic E-state index is 11.0. The highest BCUT2D eigenvalue weighted by molar-refractivity contribution is 5.88. The van der Waals surface area contributed by atoms with Gasteiger partial charge in [0.05, 0.1) is 12.2 Å². The number of aromatic nitrogens is 2. The first-order valence-electron chi connectivity index (χ1n) is 3.37. The van der Waals surface area contributed by atoms with Gasteiger partial charge in [-0.15, -0.1) is 0 Å². The van der Waals surface area contributed by atoms with Crippen molar-refractivity contribution < 1.29 is 14.6 Å². The van der Waals surface area contributed by atoms with E-state index in [0.717, 1.165) is 0 Å². The van der Waals surface area contributed by atoms with Gasteiger partial charge in [-0.3, -0.25) is 0 Å². The van der Waals surface area contributed by atoms with Crippen LogP contribution in [-0.2, 0) is 4.74 Å². The Morgan fingerprint density at radius 3 is 2.75 bits per heavy atom. The Hall–Kier alpha value is -1.49. The molecule has 0 aromatic carbocycles. The van der Waals surface area contributed by atoms with Crippen molar-refractivity contribution in [1.29, 1.82) is 0 Å². The smallest absolute Gasteiger partial charge is 0.341 e. The maximum Gasteiger partial charge on any atom is 0.341 e. The molecule has 64 valence electrons. The number of aliphatic hydroxyl groups excluding tert-OH is 1. The molecule has 0 spiro atoms. The highest BCUT2D eigenvalue weighted by atomic mass is 16.5. The van der Waals surface area contributed by atoms with Crippen LogP contribution < -0.4 is 0 Å². The predicted molar refractivity (Wildman–Crippen MR) is 39.4 cm³/mol. The summed E-state index contributed by atoms with van der Waals surface area (Å²) in [6.45, 7) is -0.187. The molecule has 0 aliphatic heterocycles. The van der Waals surface area contributed by atoms with Gasteiger partial charge in [0, 0.05) is 12.4 Å². The summed E-state index contributed by atoms with van der Waals surface area (Å²) in [4.78, 5) is 18.3. The van der Waals surface area contributed by atoms with Crippen molar-refractivity contribution >= 4 is 5.97 Å². The molecule has 1 rings (SSSR count). The molecule has 5 heteroatoms. The van der Waals surface area contributed by atoms with Crippen molar-refractivity contribution in [3.63, 3.8) is 0 Å². The van der Waals surface area contributed by atoms with E-state index in [0.29, 0.717) is 0 Å². The number of aliphatic hydroxyl groups is 1. The Kier molecular flexibility index (Phi) is 3.16. The summed E-state index contributed by atoms with van der Waals surface area (Å²) in [5.41, 5.74) is 0.283. The van der Waals surface area contributed by atoms with Crippen LogP contribution in [0, 0.1) is 0 Å². The zero-order valence-electron chi connectivity index (χ0n) is 6.30. The molecule has 1 aromatic heterocycles. The van der Waals surface area contributed by atoms with Gasteiger partial charge in [0.2, 0.25) is 0 Å². The lowest BCUT2D eigenvalue weighted by molar-refractivity contribution is 0.0433. The lowest BCUT2D eigenvalue weighted by Crippen LogP contribution is -2.09. The molecule has 0 unspecified atom stereocenters. The first-order valence-corrected chi connectivity index (χ1v) is 3.37. The normalized spacial score (nSPS) is 9.42. The van der Waals surface area contributed by atoms with Crippen LogP contribution in [0.2, 0.25) is 0 Å². The minimum absolute atomic E-state index is 0.00622. The molecule has 0 radical (unpaired) electrons. The molecule has 0 aliphatic carbocycles. The zero-order chi connectivity index (χ0) is 8.81. The van der Waals surface area contributed by atoms with E-state index in [1.807, 2.05) is 0 Å². The molecule has 0 amide bonds. The van der Waals surface area contributed by atoms with Crippen LogP contribution in [0.25, 0.3) is 0 Å². The van der Waals surface area contributed by atoms with Crippen molar-refractivity contribution in [2.75, 3.05) is 13.2 Å². The summed E-state index contributed by atoms with van der Waals surface area (Å²) in [7, 11) is 0. The SMILES string of the molecule is O=C(OCCO)c1cncnc1. The molecule has 0 saturated heterocycles. The summed E-state index contributed by atoms with van der Waals surface area (Å²) in [6, 6.07) is 0. The zero-order valence-corrected chi connectivity index (χ0v) is 6.30.